The van der Waals surface area contributed by atoms with E-state index in [2.05, 4.69) is 17.3 Å². The van der Waals surface area contributed by atoms with E-state index in [1.807, 2.05) is 13.8 Å². The third kappa shape index (κ3) is 3.76. The van der Waals surface area contributed by atoms with Crippen LogP contribution >= 0.6 is 0 Å². The van der Waals surface area contributed by atoms with Gasteiger partial charge in [-0.15, -0.1) is 0 Å². The van der Waals surface area contributed by atoms with Crippen molar-refractivity contribution in [2.24, 2.45) is 0 Å². The van der Waals surface area contributed by atoms with Gasteiger partial charge in [-0.25, -0.2) is 4.39 Å². The average Bonchev–Trinajstić information content (AvgIpc) is 2.37. The predicted octanol–water partition coefficient (Wildman–Crippen LogP) is 2.70. The normalized spacial score (nSPS) is 17.4. The molecule has 0 unspecified atom stereocenters. The second-order valence-electron chi connectivity index (χ2n) is 5.76. The fraction of sp³-hybridized carbons (Fsp3) is 0.600. The second kappa shape index (κ2) is 6.31. The van der Waals surface area contributed by atoms with E-state index in [0.717, 1.165) is 31.6 Å². The van der Waals surface area contributed by atoms with Crippen LogP contribution < -0.4 is 15.8 Å². The van der Waals surface area contributed by atoms with E-state index in [9.17, 15) is 4.39 Å². The fourth-order valence-electron chi connectivity index (χ4n) is 2.41. The topological polar surface area (TPSA) is 50.5 Å². The molecule has 0 radical (unpaired) electrons. The van der Waals surface area contributed by atoms with Gasteiger partial charge in [-0.3, -0.25) is 0 Å². The van der Waals surface area contributed by atoms with E-state index in [4.69, 9.17) is 10.5 Å². The summed E-state index contributed by atoms with van der Waals surface area (Å²) in [6.07, 6.45) is 2.06. The lowest BCUT2D eigenvalue weighted by atomic mass is 10.0. The van der Waals surface area contributed by atoms with Gasteiger partial charge in [-0.1, -0.05) is 0 Å². The van der Waals surface area contributed by atoms with Crippen molar-refractivity contribution in [3.63, 3.8) is 0 Å². The minimum atomic E-state index is -0.412. The minimum Gasteiger partial charge on any atom is -0.488 e. The molecule has 1 saturated heterocycles. The van der Waals surface area contributed by atoms with Crippen LogP contribution in [0.2, 0.25) is 0 Å². The molecule has 1 aromatic rings. The molecule has 0 saturated carbocycles. The number of nitrogens with zero attached hydrogens (tertiary/aromatic N) is 1. The number of hydrogen-bond acceptors (Lipinski definition) is 4. The molecule has 4 nitrogen and oxygen atoms in total. The molecule has 1 fully saturated rings. The predicted molar refractivity (Wildman–Crippen MR) is 80.7 cm³/mol. The van der Waals surface area contributed by atoms with Gasteiger partial charge in [0.25, 0.3) is 0 Å². The van der Waals surface area contributed by atoms with Gasteiger partial charge in [0.15, 0.2) is 11.6 Å². The van der Waals surface area contributed by atoms with E-state index in [0.29, 0.717) is 11.7 Å². The third-order valence-electron chi connectivity index (χ3n) is 3.54. The minimum absolute atomic E-state index is 0.0655. The molecule has 0 aromatic heterocycles. The summed E-state index contributed by atoms with van der Waals surface area (Å²) in [5, 5.41) is 3.41. The molecular formula is C15H24FN3O. The summed E-state index contributed by atoms with van der Waals surface area (Å²) in [6, 6.07) is 3.38. The molecule has 0 bridgehead atoms. The molecule has 2 rings (SSSR count). The smallest absolute Gasteiger partial charge is 0.167 e. The number of benzene rings is 1. The van der Waals surface area contributed by atoms with Crippen LogP contribution in [0.3, 0.4) is 0 Å². The van der Waals surface area contributed by atoms with Gasteiger partial charge < -0.3 is 20.7 Å². The van der Waals surface area contributed by atoms with Crippen molar-refractivity contribution in [3.8, 4) is 5.75 Å². The summed E-state index contributed by atoms with van der Waals surface area (Å²) in [4.78, 5) is 2.31. The number of likely N-dealkylation sites (tertiary alicyclic amines) is 1. The Kier molecular flexibility index (Phi) is 4.70. The first-order chi connectivity index (χ1) is 9.45. The summed E-state index contributed by atoms with van der Waals surface area (Å²) in [7, 11) is 2.12. The first-order valence-corrected chi connectivity index (χ1v) is 7.16. The van der Waals surface area contributed by atoms with E-state index in [1.165, 1.54) is 6.07 Å². The molecule has 20 heavy (non-hydrogen) atoms. The molecule has 112 valence electrons. The van der Waals surface area contributed by atoms with Crippen LogP contribution in [0.1, 0.15) is 26.7 Å². The molecular weight excluding hydrogens is 257 g/mol. The van der Waals surface area contributed by atoms with Gasteiger partial charge >= 0.3 is 0 Å². The van der Waals surface area contributed by atoms with Gasteiger partial charge in [0.2, 0.25) is 0 Å². The lowest BCUT2D eigenvalue weighted by Crippen LogP contribution is -2.36. The second-order valence-corrected chi connectivity index (χ2v) is 5.76. The number of piperidine rings is 1. The largest absolute Gasteiger partial charge is 0.488 e. The Labute approximate surface area is 120 Å². The SMILES string of the molecule is CC(C)Oc1cc(NC2CCN(C)CC2)c(N)cc1F. The van der Waals surface area contributed by atoms with Gasteiger partial charge in [0, 0.05) is 18.2 Å². The lowest BCUT2D eigenvalue weighted by molar-refractivity contribution is 0.231. The summed E-state index contributed by atoms with van der Waals surface area (Å²) < 4.78 is 19.2. The molecule has 1 aliphatic heterocycles. The molecule has 0 aliphatic carbocycles. The molecule has 1 heterocycles. The molecule has 0 amide bonds. The monoisotopic (exact) mass is 281 g/mol. The highest BCUT2D eigenvalue weighted by Gasteiger charge is 2.18. The number of rotatable bonds is 4. The Morgan fingerprint density at radius 3 is 2.60 bits per heavy atom. The number of anilines is 2. The van der Waals surface area contributed by atoms with Crippen LogP contribution in [-0.2, 0) is 0 Å². The zero-order chi connectivity index (χ0) is 14.7. The standard InChI is InChI=1S/C15H24FN3O/c1-10(2)20-15-9-14(13(17)8-12(15)16)18-11-4-6-19(3)7-5-11/h8-11,18H,4-7,17H2,1-3H3. The van der Waals surface area contributed by atoms with Gasteiger partial charge in [-0.05, 0) is 46.8 Å². The van der Waals surface area contributed by atoms with Gasteiger partial charge in [0.1, 0.15) is 0 Å². The Balaban J connectivity index is 2.10. The number of hydrogen-bond donors (Lipinski definition) is 2. The third-order valence-corrected chi connectivity index (χ3v) is 3.54. The molecule has 1 aliphatic rings. The molecule has 1 aromatic carbocycles. The Morgan fingerprint density at radius 1 is 1.35 bits per heavy atom. The van der Waals surface area contributed by atoms with Crippen molar-refractivity contribution in [1.29, 1.82) is 0 Å². The van der Waals surface area contributed by atoms with Crippen molar-refractivity contribution in [3.05, 3.63) is 17.9 Å². The van der Waals surface area contributed by atoms with Crippen LogP contribution in [0, 0.1) is 5.82 Å². The van der Waals surface area contributed by atoms with Crippen LogP contribution in [-0.4, -0.2) is 37.2 Å². The number of ether oxygens (including phenoxy) is 1. The zero-order valence-corrected chi connectivity index (χ0v) is 12.4. The van der Waals surface area contributed by atoms with Crippen LogP contribution in [0.25, 0.3) is 0 Å². The summed E-state index contributed by atoms with van der Waals surface area (Å²) in [6.45, 7) is 5.88. The number of nitrogens with one attached hydrogen (secondary N) is 1. The van der Waals surface area contributed by atoms with Crippen molar-refractivity contribution in [2.75, 3.05) is 31.2 Å². The fourth-order valence-corrected chi connectivity index (χ4v) is 2.41. The van der Waals surface area contributed by atoms with Gasteiger partial charge in [0.05, 0.1) is 17.5 Å². The first kappa shape index (κ1) is 14.9. The van der Waals surface area contributed by atoms with E-state index >= 15 is 0 Å². The highest BCUT2D eigenvalue weighted by Crippen LogP contribution is 2.30. The zero-order valence-electron chi connectivity index (χ0n) is 12.4. The molecule has 5 heteroatoms. The average molecular weight is 281 g/mol. The maximum Gasteiger partial charge on any atom is 0.167 e. The number of halogens is 1. The summed E-state index contributed by atoms with van der Waals surface area (Å²) in [5.41, 5.74) is 7.09. The maximum absolute atomic E-state index is 13.8. The number of nitrogen functional groups attached to an aromatic ring is 1. The quantitative estimate of drug-likeness (QED) is 0.833. The maximum atomic E-state index is 13.8. The van der Waals surface area contributed by atoms with Crippen molar-refractivity contribution in [2.45, 2.75) is 38.8 Å². The van der Waals surface area contributed by atoms with Crippen LogP contribution in [0.15, 0.2) is 12.1 Å². The van der Waals surface area contributed by atoms with E-state index < -0.39 is 5.82 Å². The van der Waals surface area contributed by atoms with Gasteiger partial charge in [-0.2, -0.15) is 0 Å². The van der Waals surface area contributed by atoms with Crippen molar-refractivity contribution >= 4 is 11.4 Å². The van der Waals surface area contributed by atoms with Crippen LogP contribution in [0.4, 0.5) is 15.8 Å². The van der Waals surface area contributed by atoms with Crippen LogP contribution in [0.5, 0.6) is 5.75 Å². The Bertz CT molecular complexity index is 457. The molecule has 3 N–H and O–H groups in total. The Hall–Kier alpha value is -1.49. The van der Waals surface area contributed by atoms with Crippen molar-refractivity contribution < 1.29 is 9.13 Å². The highest BCUT2D eigenvalue weighted by molar-refractivity contribution is 5.69. The molecule has 0 atom stereocenters. The molecule has 0 spiro atoms. The Morgan fingerprint density at radius 2 is 2.00 bits per heavy atom. The van der Waals surface area contributed by atoms with E-state index in [1.54, 1.807) is 6.07 Å². The summed E-state index contributed by atoms with van der Waals surface area (Å²) in [5.74, 6) is -0.158. The highest BCUT2D eigenvalue weighted by atomic mass is 19.1. The van der Waals surface area contributed by atoms with E-state index in [-0.39, 0.29) is 11.9 Å². The van der Waals surface area contributed by atoms with Crippen molar-refractivity contribution in [1.82, 2.24) is 4.90 Å². The first-order valence-electron chi connectivity index (χ1n) is 7.16. The lowest BCUT2D eigenvalue weighted by Gasteiger charge is -2.30. The summed E-state index contributed by atoms with van der Waals surface area (Å²) >= 11 is 0. The number of nitrogens with two attached hydrogens (primary N) is 1.